The van der Waals surface area contributed by atoms with E-state index in [1.807, 2.05) is 0 Å². The van der Waals surface area contributed by atoms with Crippen molar-refractivity contribution in [2.24, 2.45) is 5.73 Å². The molecule has 1 atom stereocenters. The van der Waals surface area contributed by atoms with E-state index in [1.54, 1.807) is 0 Å². The van der Waals surface area contributed by atoms with Gasteiger partial charge in [-0.15, -0.1) is 0 Å². The summed E-state index contributed by atoms with van der Waals surface area (Å²) in [6, 6.07) is 2.60. The van der Waals surface area contributed by atoms with Gasteiger partial charge >= 0.3 is 5.51 Å². The Morgan fingerprint density at radius 2 is 1.65 bits per heavy atom. The highest BCUT2D eigenvalue weighted by Gasteiger charge is 2.34. The maximum Gasteiger partial charge on any atom is 0.441 e. The van der Waals surface area contributed by atoms with Gasteiger partial charge in [-0.2, -0.15) is 13.2 Å². The molecule has 2 nitrogen and oxygen atoms in total. The van der Waals surface area contributed by atoms with Crippen LogP contribution in [0.3, 0.4) is 0 Å². The highest BCUT2D eigenvalue weighted by Crippen LogP contribution is 2.35. The molecule has 0 aromatic heterocycles. The van der Waals surface area contributed by atoms with E-state index in [0.717, 1.165) is 12.1 Å². The summed E-state index contributed by atoms with van der Waals surface area (Å²) in [6.45, 7) is -0.810. The second-order valence-electron chi connectivity index (χ2n) is 4.34. The predicted octanol–water partition coefficient (Wildman–Crippen LogP) is 2.80. The van der Waals surface area contributed by atoms with Crippen LogP contribution in [-0.2, 0) is 5.41 Å². The van der Waals surface area contributed by atoms with Crippen molar-refractivity contribution in [3.63, 3.8) is 0 Å². The van der Waals surface area contributed by atoms with Gasteiger partial charge in [0.1, 0.15) is 11.6 Å². The number of rotatable bonds is 6. The van der Waals surface area contributed by atoms with Crippen molar-refractivity contribution in [3.8, 4) is 0 Å². The predicted molar refractivity (Wildman–Crippen MR) is 67.3 cm³/mol. The van der Waals surface area contributed by atoms with Gasteiger partial charge in [0.05, 0.1) is 6.61 Å². The Hall–Kier alpha value is -0.860. The Morgan fingerprint density at radius 1 is 1.10 bits per heavy atom. The molecule has 3 N–H and O–H groups in total. The van der Waals surface area contributed by atoms with Gasteiger partial charge < -0.3 is 10.8 Å². The molecule has 1 rings (SSSR count). The zero-order chi connectivity index (χ0) is 15.4. The van der Waals surface area contributed by atoms with Crippen molar-refractivity contribution >= 4 is 11.8 Å². The zero-order valence-electron chi connectivity index (χ0n) is 10.4. The first kappa shape index (κ1) is 17.2. The van der Waals surface area contributed by atoms with Gasteiger partial charge in [-0.25, -0.2) is 8.78 Å². The van der Waals surface area contributed by atoms with Crippen molar-refractivity contribution in [1.29, 1.82) is 0 Å². The lowest BCUT2D eigenvalue weighted by Gasteiger charge is -2.31. The van der Waals surface area contributed by atoms with Crippen LogP contribution in [0, 0.1) is 11.6 Å². The second kappa shape index (κ2) is 6.73. The SMILES string of the molecule is NCC(CO)(CCSC(F)(F)F)c1cc(F)cc(F)c1. The van der Waals surface area contributed by atoms with Crippen LogP contribution in [0.1, 0.15) is 12.0 Å². The first-order valence-electron chi connectivity index (χ1n) is 5.70. The molecule has 0 saturated carbocycles. The summed E-state index contributed by atoms with van der Waals surface area (Å²) in [4.78, 5) is 0. The molecule has 0 radical (unpaired) electrons. The maximum absolute atomic E-state index is 13.2. The zero-order valence-corrected chi connectivity index (χ0v) is 11.2. The van der Waals surface area contributed by atoms with Crippen LogP contribution in [-0.4, -0.2) is 29.5 Å². The van der Waals surface area contributed by atoms with Gasteiger partial charge in [0.15, 0.2) is 0 Å². The Labute approximate surface area is 117 Å². The largest absolute Gasteiger partial charge is 0.441 e. The first-order valence-corrected chi connectivity index (χ1v) is 6.69. The molecule has 1 aromatic carbocycles. The number of halogens is 5. The molecule has 0 bridgehead atoms. The standard InChI is InChI=1S/C12H14F5NOS/c13-9-3-8(4-10(14)5-9)11(6-18,7-19)1-2-20-12(15,16)17/h3-5,19H,1-2,6-7,18H2. The molecule has 0 fully saturated rings. The number of hydrogen-bond donors (Lipinski definition) is 2. The fraction of sp³-hybridized carbons (Fsp3) is 0.500. The van der Waals surface area contributed by atoms with Crippen molar-refractivity contribution in [3.05, 3.63) is 35.4 Å². The third-order valence-corrected chi connectivity index (χ3v) is 3.75. The first-order chi connectivity index (χ1) is 9.22. The molecular formula is C12H14F5NOS. The van der Waals surface area contributed by atoms with Crippen molar-refractivity contribution in [1.82, 2.24) is 0 Å². The van der Waals surface area contributed by atoms with Crippen LogP contribution in [0.4, 0.5) is 22.0 Å². The number of aliphatic hydroxyl groups excluding tert-OH is 1. The lowest BCUT2D eigenvalue weighted by Crippen LogP contribution is -2.39. The highest BCUT2D eigenvalue weighted by molar-refractivity contribution is 8.00. The molecule has 114 valence electrons. The topological polar surface area (TPSA) is 46.2 Å². The Balaban J connectivity index is 2.96. The van der Waals surface area contributed by atoms with E-state index in [1.165, 1.54) is 0 Å². The van der Waals surface area contributed by atoms with Crippen LogP contribution < -0.4 is 5.73 Å². The van der Waals surface area contributed by atoms with E-state index in [0.29, 0.717) is 6.07 Å². The minimum Gasteiger partial charge on any atom is -0.395 e. The number of thioether (sulfide) groups is 1. The van der Waals surface area contributed by atoms with Gasteiger partial charge in [0.25, 0.3) is 0 Å². The molecule has 1 unspecified atom stereocenters. The molecule has 0 amide bonds. The van der Waals surface area contributed by atoms with Crippen LogP contribution in [0.2, 0.25) is 0 Å². The van der Waals surface area contributed by atoms with E-state index < -0.39 is 29.2 Å². The average molecular weight is 315 g/mol. The minimum atomic E-state index is -4.40. The third-order valence-electron chi connectivity index (χ3n) is 3.01. The molecule has 0 aliphatic carbocycles. The number of aliphatic hydroxyl groups is 1. The molecule has 0 aliphatic rings. The maximum atomic E-state index is 13.2. The van der Waals surface area contributed by atoms with E-state index >= 15 is 0 Å². The molecule has 0 saturated heterocycles. The minimum absolute atomic E-state index is 0.0581. The average Bonchev–Trinajstić information content (AvgIpc) is 2.32. The summed E-state index contributed by atoms with van der Waals surface area (Å²) < 4.78 is 62.7. The van der Waals surface area contributed by atoms with Crippen LogP contribution in [0.5, 0.6) is 0 Å². The highest BCUT2D eigenvalue weighted by atomic mass is 32.2. The van der Waals surface area contributed by atoms with E-state index in [2.05, 4.69) is 0 Å². The Morgan fingerprint density at radius 3 is 2.05 bits per heavy atom. The summed E-state index contributed by atoms with van der Waals surface area (Å²) in [6.07, 6.45) is -0.146. The van der Waals surface area contributed by atoms with E-state index in [9.17, 15) is 27.1 Å². The van der Waals surface area contributed by atoms with Crippen molar-refractivity contribution in [2.75, 3.05) is 18.9 Å². The van der Waals surface area contributed by atoms with Crippen LogP contribution >= 0.6 is 11.8 Å². The number of benzene rings is 1. The summed E-state index contributed by atoms with van der Waals surface area (Å²) in [5, 5.41) is 9.43. The molecule has 0 aliphatic heterocycles. The molecule has 1 aromatic rings. The lowest BCUT2D eigenvalue weighted by molar-refractivity contribution is -0.0329. The monoisotopic (exact) mass is 315 g/mol. The van der Waals surface area contributed by atoms with Gasteiger partial charge in [-0.05, 0) is 24.1 Å². The van der Waals surface area contributed by atoms with Crippen molar-refractivity contribution < 1.29 is 27.1 Å². The van der Waals surface area contributed by atoms with Crippen molar-refractivity contribution in [2.45, 2.75) is 17.3 Å². The summed E-state index contributed by atoms with van der Waals surface area (Å²) >= 11 is -0.260. The van der Waals surface area contributed by atoms with Crippen LogP contribution in [0.15, 0.2) is 18.2 Å². The number of hydrogen-bond acceptors (Lipinski definition) is 3. The fourth-order valence-electron chi connectivity index (χ4n) is 1.82. The quantitative estimate of drug-likeness (QED) is 0.794. The normalized spacial score (nSPS) is 15.2. The fourth-order valence-corrected chi connectivity index (χ4v) is 2.55. The summed E-state index contributed by atoms with van der Waals surface area (Å²) in [5.74, 6) is -2.09. The third kappa shape index (κ3) is 4.60. The Kier molecular flexibility index (Phi) is 5.79. The number of nitrogens with two attached hydrogens (primary N) is 1. The number of alkyl halides is 3. The van der Waals surface area contributed by atoms with E-state index in [4.69, 9.17) is 5.73 Å². The van der Waals surface area contributed by atoms with E-state index in [-0.39, 0.29) is 36.0 Å². The summed E-state index contributed by atoms with van der Waals surface area (Å²) in [7, 11) is 0. The molecule has 20 heavy (non-hydrogen) atoms. The van der Waals surface area contributed by atoms with Crippen LogP contribution in [0.25, 0.3) is 0 Å². The molecule has 8 heteroatoms. The molecule has 0 heterocycles. The summed E-state index contributed by atoms with van der Waals surface area (Å²) in [5.41, 5.74) is -0.127. The van der Waals surface area contributed by atoms with Gasteiger partial charge in [-0.1, -0.05) is 11.8 Å². The van der Waals surface area contributed by atoms with Gasteiger partial charge in [-0.3, -0.25) is 0 Å². The van der Waals surface area contributed by atoms with Gasteiger partial charge in [0, 0.05) is 23.8 Å². The van der Waals surface area contributed by atoms with Gasteiger partial charge in [0.2, 0.25) is 0 Å². The molecular weight excluding hydrogens is 301 g/mol. The second-order valence-corrected chi connectivity index (χ2v) is 5.50. The Bertz CT molecular complexity index is 428. The lowest BCUT2D eigenvalue weighted by atomic mass is 9.79. The smallest absolute Gasteiger partial charge is 0.395 e. The molecule has 0 spiro atoms.